The second-order valence-electron chi connectivity index (χ2n) is 3.13. The summed E-state index contributed by atoms with van der Waals surface area (Å²) in [5, 5.41) is -0.239. The summed E-state index contributed by atoms with van der Waals surface area (Å²) in [7, 11) is 1.22. The van der Waals surface area contributed by atoms with Crippen molar-refractivity contribution in [3.8, 4) is 5.75 Å². The van der Waals surface area contributed by atoms with Gasteiger partial charge in [0.25, 0.3) is 0 Å². The first-order valence-corrected chi connectivity index (χ1v) is 4.81. The number of ether oxygens (including phenoxy) is 1. The first-order chi connectivity index (χ1) is 6.86. The minimum atomic E-state index is -4.40. The van der Waals surface area contributed by atoms with Gasteiger partial charge in [0.05, 0.1) is 12.7 Å². The Kier molecular flexibility index (Phi) is 3.54. The van der Waals surface area contributed by atoms with E-state index in [9.17, 15) is 13.2 Å². The fourth-order valence-electron chi connectivity index (χ4n) is 1.21. The van der Waals surface area contributed by atoms with Gasteiger partial charge in [0.2, 0.25) is 0 Å². The van der Waals surface area contributed by atoms with Gasteiger partial charge in [-0.15, -0.1) is 0 Å². The number of thiol groups is 1. The van der Waals surface area contributed by atoms with Crippen LogP contribution in [0.3, 0.4) is 0 Å². The van der Waals surface area contributed by atoms with Crippen LogP contribution in [-0.2, 0) is 6.18 Å². The Morgan fingerprint density at radius 1 is 1.33 bits per heavy atom. The lowest BCUT2D eigenvalue weighted by molar-refractivity contribution is -0.138. The summed E-state index contributed by atoms with van der Waals surface area (Å²) < 4.78 is 42.4. The summed E-state index contributed by atoms with van der Waals surface area (Å²) in [4.78, 5) is 0. The lowest BCUT2D eigenvalue weighted by Crippen LogP contribution is -2.08. The van der Waals surface area contributed by atoms with E-state index < -0.39 is 11.7 Å². The summed E-state index contributed by atoms with van der Waals surface area (Å²) in [5.74, 6) is -0.166. The molecule has 1 aromatic carbocycles. The van der Waals surface area contributed by atoms with E-state index in [2.05, 4.69) is 17.4 Å². The second-order valence-corrected chi connectivity index (χ2v) is 3.91. The van der Waals surface area contributed by atoms with Gasteiger partial charge in [0, 0.05) is 5.25 Å². The topological polar surface area (TPSA) is 9.23 Å². The summed E-state index contributed by atoms with van der Waals surface area (Å²) in [6, 6.07) is 3.95. The van der Waals surface area contributed by atoms with Crippen LogP contribution in [0.4, 0.5) is 13.2 Å². The highest BCUT2D eigenvalue weighted by molar-refractivity contribution is 7.80. The molecule has 1 unspecified atom stereocenters. The van der Waals surface area contributed by atoms with E-state index in [1.54, 1.807) is 13.0 Å². The Morgan fingerprint density at radius 2 is 1.93 bits per heavy atom. The molecule has 1 aromatic rings. The third kappa shape index (κ3) is 2.81. The summed E-state index contributed by atoms with van der Waals surface area (Å²) in [5.41, 5.74) is -0.241. The first-order valence-electron chi connectivity index (χ1n) is 4.29. The van der Waals surface area contributed by atoms with Crippen molar-refractivity contribution in [2.75, 3.05) is 7.11 Å². The zero-order valence-corrected chi connectivity index (χ0v) is 9.19. The van der Waals surface area contributed by atoms with Crippen molar-refractivity contribution in [1.29, 1.82) is 0 Å². The van der Waals surface area contributed by atoms with Crippen LogP contribution in [0.1, 0.15) is 23.3 Å². The van der Waals surface area contributed by atoms with E-state index in [0.717, 1.165) is 6.07 Å². The van der Waals surface area contributed by atoms with Gasteiger partial charge in [-0.05, 0) is 24.6 Å². The van der Waals surface area contributed by atoms with E-state index in [4.69, 9.17) is 0 Å². The molecule has 0 saturated heterocycles. The lowest BCUT2D eigenvalue weighted by Gasteiger charge is -2.14. The Hall–Kier alpha value is -0.840. The normalized spacial score (nSPS) is 13.7. The molecule has 1 rings (SSSR count). The van der Waals surface area contributed by atoms with Crippen LogP contribution in [0, 0.1) is 0 Å². The Balaban J connectivity index is 3.26. The van der Waals surface area contributed by atoms with Crippen molar-refractivity contribution < 1.29 is 17.9 Å². The zero-order chi connectivity index (χ0) is 11.6. The highest BCUT2D eigenvalue weighted by Crippen LogP contribution is 2.38. The van der Waals surface area contributed by atoms with Crippen LogP contribution in [0.25, 0.3) is 0 Å². The number of methoxy groups -OCH3 is 1. The van der Waals surface area contributed by atoms with Crippen LogP contribution in [-0.4, -0.2) is 7.11 Å². The van der Waals surface area contributed by atoms with Crippen LogP contribution >= 0.6 is 12.6 Å². The molecule has 0 aliphatic heterocycles. The fraction of sp³-hybridized carbons (Fsp3) is 0.400. The molecule has 0 aliphatic carbocycles. The molecule has 0 aromatic heterocycles. The largest absolute Gasteiger partial charge is 0.496 e. The lowest BCUT2D eigenvalue weighted by atomic mass is 10.1. The number of rotatable bonds is 2. The van der Waals surface area contributed by atoms with Crippen molar-refractivity contribution in [3.63, 3.8) is 0 Å². The molecule has 0 spiro atoms. The van der Waals surface area contributed by atoms with Crippen molar-refractivity contribution in [3.05, 3.63) is 29.3 Å². The molecule has 5 heteroatoms. The first kappa shape index (κ1) is 12.2. The van der Waals surface area contributed by atoms with Crippen molar-refractivity contribution >= 4 is 12.6 Å². The van der Waals surface area contributed by atoms with Gasteiger partial charge in [-0.2, -0.15) is 25.8 Å². The van der Waals surface area contributed by atoms with Crippen molar-refractivity contribution in [2.45, 2.75) is 18.3 Å². The Morgan fingerprint density at radius 3 is 2.33 bits per heavy atom. The molecule has 0 amide bonds. The van der Waals surface area contributed by atoms with Gasteiger partial charge in [-0.3, -0.25) is 0 Å². The SMILES string of the molecule is COc1ccc(C(C)S)cc1C(F)(F)F. The smallest absolute Gasteiger partial charge is 0.419 e. The monoisotopic (exact) mass is 236 g/mol. The summed E-state index contributed by atoms with van der Waals surface area (Å²) >= 11 is 4.09. The molecule has 0 N–H and O–H groups in total. The van der Waals surface area contributed by atoms with E-state index in [-0.39, 0.29) is 11.0 Å². The molecule has 0 saturated carbocycles. The predicted molar refractivity (Wildman–Crippen MR) is 55.4 cm³/mol. The molecule has 1 atom stereocenters. The number of benzene rings is 1. The molecule has 84 valence electrons. The number of halogens is 3. The fourth-order valence-corrected chi connectivity index (χ4v) is 1.37. The highest BCUT2D eigenvalue weighted by Gasteiger charge is 2.34. The molecule has 0 aliphatic rings. The van der Waals surface area contributed by atoms with Crippen LogP contribution < -0.4 is 4.74 Å². The van der Waals surface area contributed by atoms with Gasteiger partial charge in [-0.1, -0.05) is 6.07 Å². The van der Waals surface area contributed by atoms with Crippen molar-refractivity contribution in [2.24, 2.45) is 0 Å². The van der Waals surface area contributed by atoms with Gasteiger partial charge in [0.15, 0.2) is 0 Å². The average Bonchev–Trinajstić information content (AvgIpc) is 2.15. The molecule has 1 nitrogen and oxygen atoms in total. The zero-order valence-electron chi connectivity index (χ0n) is 8.30. The number of hydrogen-bond acceptors (Lipinski definition) is 2. The standard InChI is InChI=1S/C10H11F3OS/c1-6(15)7-3-4-9(14-2)8(5-7)10(11,12)13/h3-6,15H,1-2H3. The maximum absolute atomic E-state index is 12.6. The maximum Gasteiger partial charge on any atom is 0.419 e. The molecule has 0 heterocycles. The van der Waals surface area contributed by atoms with Gasteiger partial charge < -0.3 is 4.74 Å². The summed E-state index contributed by atoms with van der Waals surface area (Å²) in [6.07, 6.45) is -4.40. The minimum Gasteiger partial charge on any atom is -0.496 e. The molecule has 15 heavy (non-hydrogen) atoms. The van der Waals surface area contributed by atoms with Crippen molar-refractivity contribution in [1.82, 2.24) is 0 Å². The van der Waals surface area contributed by atoms with Gasteiger partial charge >= 0.3 is 6.18 Å². The maximum atomic E-state index is 12.6. The molecule has 0 radical (unpaired) electrons. The Labute approximate surface area is 91.7 Å². The van der Waals surface area contributed by atoms with Crippen LogP contribution in [0.15, 0.2) is 18.2 Å². The second kappa shape index (κ2) is 4.35. The number of hydrogen-bond donors (Lipinski definition) is 1. The molecule has 0 bridgehead atoms. The molecule has 0 fully saturated rings. The van der Waals surface area contributed by atoms with E-state index in [1.165, 1.54) is 13.2 Å². The summed E-state index contributed by atoms with van der Waals surface area (Å²) in [6.45, 7) is 1.71. The third-order valence-electron chi connectivity index (χ3n) is 2.01. The van der Waals surface area contributed by atoms with Crippen LogP contribution in [0.5, 0.6) is 5.75 Å². The quantitative estimate of drug-likeness (QED) is 0.770. The van der Waals surface area contributed by atoms with E-state index in [0.29, 0.717) is 5.56 Å². The van der Waals surface area contributed by atoms with Gasteiger partial charge in [-0.25, -0.2) is 0 Å². The van der Waals surface area contributed by atoms with Crippen LogP contribution in [0.2, 0.25) is 0 Å². The minimum absolute atomic E-state index is 0.166. The highest BCUT2D eigenvalue weighted by atomic mass is 32.1. The Bertz CT molecular complexity index is 347. The van der Waals surface area contributed by atoms with Gasteiger partial charge in [0.1, 0.15) is 5.75 Å². The van der Waals surface area contributed by atoms with E-state index >= 15 is 0 Å². The third-order valence-corrected chi connectivity index (χ3v) is 2.31. The molecular weight excluding hydrogens is 225 g/mol. The van der Waals surface area contributed by atoms with E-state index in [1.807, 2.05) is 0 Å². The average molecular weight is 236 g/mol. The predicted octanol–water partition coefficient (Wildman–Crippen LogP) is 3.70. The number of alkyl halides is 3. The molecular formula is C10H11F3OS.